The third-order valence-electron chi connectivity index (χ3n) is 4.14. The fourth-order valence-electron chi connectivity index (χ4n) is 3.01. The first-order valence-electron chi connectivity index (χ1n) is 8.16. The van der Waals surface area contributed by atoms with E-state index in [9.17, 15) is 24.0 Å². The molecule has 0 spiro atoms. The molecular formula is C15H17N5O5S. The number of nitrogens with zero attached hydrogens (tertiary/aromatic N) is 2. The molecule has 1 saturated carbocycles. The highest BCUT2D eigenvalue weighted by Gasteiger charge is 2.25. The molecule has 138 valence electrons. The van der Waals surface area contributed by atoms with E-state index < -0.39 is 29.0 Å². The van der Waals surface area contributed by atoms with E-state index in [-0.39, 0.29) is 22.8 Å². The van der Waals surface area contributed by atoms with Crippen molar-refractivity contribution in [1.29, 1.82) is 0 Å². The smallest absolute Gasteiger partial charge is 0.311 e. The maximum atomic E-state index is 12.2. The van der Waals surface area contributed by atoms with Crippen molar-refractivity contribution in [2.45, 2.75) is 38.1 Å². The number of carbonyl (C=O) groups excluding carboxylic acids is 3. The van der Waals surface area contributed by atoms with Crippen LogP contribution in [0.2, 0.25) is 0 Å². The molecule has 3 N–H and O–H groups in total. The number of aromatic nitrogens is 2. The number of aliphatic imine (C=N–C) groups is 1. The fraction of sp³-hybridized carbons (Fsp3) is 0.467. The largest absolute Gasteiger partial charge is 0.337 e. The third kappa shape index (κ3) is 4.10. The van der Waals surface area contributed by atoms with Crippen LogP contribution in [0.4, 0.5) is 5.82 Å². The van der Waals surface area contributed by atoms with Gasteiger partial charge in [-0.15, -0.1) is 0 Å². The minimum atomic E-state index is -0.909. The van der Waals surface area contributed by atoms with Gasteiger partial charge in [0.05, 0.1) is 5.75 Å². The van der Waals surface area contributed by atoms with Crippen molar-refractivity contribution < 1.29 is 14.4 Å². The lowest BCUT2D eigenvalue weighted by Crippen LogP contribution is -2.36. The lowest BCUT2D eigenvalue weighted by Gasteiger charge is -2.26. The van der Waals surface area contributed by atoms with Gasteiger partial charge < -0.3 is 5.32 Å². The van der Waals surface area contributed by atoms with Gasteiger partial charge in [-0.25, -0.2) is 4.79 Å². The number of thioether (sulfide) groups is 1. The highest BCUT2D eigenvalue weighted by Crippen LogP contribution is 2.28. The standard InChI is InChI=1S/C15H17N5O5S/c21-10-6-9(20(15(25)17-10)8-4-2-1-3-5-8)16-11(22)7-26-14-18-12(23)13(24)19-14/h6,8H,1-5,7H2,(H,16,22)(H,17,21,25)(H,18,19,23,24). The second-order valence-electron chi connectivity index (χ2n) is 6.00. The van der Waals surface area contributed by atoms with Crippen LogP contribution in [0.25, 0.3) is 0 Å². The Morgan fingerprint density at radius 2 is 1.96 bits per heavy atom. The Bertz CT molecular complexity index is 896. The molecule has 0 atom stereocenters. The number of H-pyrrole nitrogens is 1. The first kappa shape index (κ1) is 18.1. The zero-order chi connectivity index (χ0) is 18.7. The Labute approximate surface area is 151 Å². The van der Waals surface area contributed by atoms with Crippen molar-refractivity contribution in [1.82, 2.24) is 14.9 Å². The van der Waals surface area contributed by atoms with Gasteiger partial charge in [0.1, 0.15) is 5.82 Å². The Hall–Kier alpha value is -2.69. The summed E-state index contributed by atoms with van der Waals surface area (Å²) in [5.74, 6) is -2.23. The molecule has 10 nitrogen and oxygen atoms in total. The lowest BCUT2D eigenvalue weighted by atomic mass is 9.95. The Kier molecular flexibility index (Phi) is 5.35. The van der Waals surface area contributed by atoms with Crippen LogP contribution in [0, 0.1) is 0 Å². The number of nitrogens with one attached hydrogen (secondary N) is 3. The first-order valence-corrected chi connectivity index (χ1v) is 9.15. The van der Waals surface area contributed by atoms with E-state index in [1.54, 1.807) is 0 Å². The lowest BCUT2D eigenvalue weighted by molar-refractivity contribution is -0.135. The maximum absolute atomic E-state index is 12.2. The van der Waals surface area contributed by atoms with E-state index in [1.807, 2.05) is 0 Å². The average Bonchev–Trinajstić information content (AvgIpc) is 2.91. The summed E-state index contributed by atoms with van der Waals surface area (Å²) in [4.78, 5) is 63.8. The van der Waals surface area contributed by atoms with E-state index in [0.29, 0.717) is 0 Å². The van der Waals surface area contributed by atoms with Crippen LogP contribution < -0.4 is 21.9 Å². The van der Waals surface area contributed by atoms with Crippen molar-refractivity contribution in [3.8, 4) is 0 Å². The summed E-state index contributed by atoms with van der Waals surface area (Å²) >= 11 is 0.881. The fourth-order valence-corrected chi connectivity index (χ4v) is 3.66. The highest BCUT2D eigenvalue weighted by molar-refractivity contribution is 8.14. The maximum Gasteiger partial charge on any atom is 0.337 e. The number of hydrogen-bond acceptors (Lipinski definition) is 6. The Balaban J connectivity index is 1.72. The van der Waals surface area contributed by atoms with Crippen LogP contribution >= 0.6 is 11.8 Å². The number of amides is 3. The summed E-state index contributed by atoms with van der Waals surface area (Å²) in [5, 5.41) is 4.85. The quantitative estimate of drug-likeness (QED) is 0.615. The Morgan fingerprint density at radius 3 is 2.62 bits per heavy atom. The molecule has 1 aromatic rings. The second kappa shape index (κ2) is 7.68. The van der Waals surface area contributed by atoms with Gasteiger partial charge in [-0.3, -0.25) is 34.0 Å². The summed E-state index contributed by atoms with van der Waals surface area (Å²) < 4.78 is 1.42. The van der Waals surface area contributed by atoms with Crippen molar-refractivity contribution in [3.63, 3.8) is 0 Å². The van der Waals surface area contributed by atoms with E-state index in [1.165, 1.54) is 10.6 Å². The highest BCUT2D eigenvalue weighted by atomic mass is 32.2. The minimum absolute atomic E-state index is 0.0470. The number of aromatic amines is 1. The molecule has 0 aromatic carbocycles. The Morgan fingerprint density at radius 1 is 1.23 bits per heavy atom. The predicted molar refractivity (Wildman–Crippen MR) is 95.1 cm³/mol. The van der Waals surface area contributed by atoms with Crippen LogP contribution in [-0.2, 0) is 14.4 Å². The number of anilines is 1. The van der Waals surface area contributed by atoms with Crippen LogP contribution in [0.3, 0.4) is 0 Å². The topological polar surface area (TPSA) is 142 Å². The molecule has 3 amide bonds. The van der Waals surface area contributed by atoms with Gasteiger partial charge in [0.2, 0.25) is 5.91 Å². The summed E-state index contributed by atoms with van der Waals surface area (Å²) in [5.41, 5.74) is -1.14. The number of hydrogen-bond donors (Lipinski definition) is 3. The molecule has 26 heavy (non-hydrogen) atoms. The van der Waals surface area contributed by atoms with E-state index in [2.05, 4.69) is 20.6 Å². The summed E-state index contributed by atoms with van der Waals surface area (Å²) in [6.07, 6.45) is 4.66. The molecule has 3 rings (SSSR count). The van der Waals surface area contributed by atoms with E-state index in [0.717, 1.165) is 43.9 Å². The van der Waals surface area contributed by atoms with Gasteiger partial charge in [-0.2, -0.15) is 4.99 Å². The number of amidine groups is 1. The van der Waals surface area contributed by atoms with Crippen molar-refractivity contribution in [2.75, 3.05) is 11.1 Å². The summed E-state index contributed by atoms with van der Waals surface area (Å²) in [6.45, 7) is 0. The molecular weight excluding hydrogens is 362 g/mol. The number of carbonyl (C=O) groups is 3. The molecule has 11 heteroatoms. The van der Waals surface area contributed by atoms with Gasteiger partial charge in [-0.1, -0.05) is 31.0 Å². The van der Waals surface area contributed by atoms with Crippen LogP contribution in [0.1, 0.15) is 38.1 Å². The van der Waals surface area contributed by atoms with Gasteiger partial charge in [0.15, 0.2) is 5.17 Å². The molecule has 0 unspecified atom stereocenters. The second-order valence-corrected chi connectivity index (χ2v) is 6.96. The molecule has 0 saturated heterocycles. The molecule has 2 aliphatic rings. The predicted octanol–water partition coefficient (Wildman–Crippen LogP) is -0.274. The summed E-state index contributed by atoms with van der Waals surface area (Å²) in [7, 11) is 0. The van der Waals surface area contributed by atoms with Crippen LogP contribution in [-0.4, -0.2) is 38.2 Å². The third-order valence-corrected chi connectivity index (χ3v) is 5.01. The molecule has 0 bridgehead atoms. The SMILES string of the molecule is O=C(CSC1=NC(=O)C(=O)N1)Nc1cc(=O)[nH]c(=O)n1C1CCCCC1. The normalized spacial score (nSPS) is 17.8. The number of rotatable bonds is 4. The van der Waals surface area contributed by atoms with Gasteiger partial charge in [0, 0.05) is 12.1 Å². The average molecular weight is 379 g/mol. The first-order chi connectivity index (χ1) is 12.4. The van der Waals surface area contributed by atoms with Crippen molar-refractivity contribution in [2.24, 2.45) is 4.99 Å². The van der Waals surface area contributed by atoms with Crippen molar-refractivity contribution >= 4 is 40.5 Å². The van der Waals surface area contributed by atoms with Crippen LogP contribution in [0.15, 0.2) is 20.6 Å². The monoisotopic (exact) mass is 379 g/mol. The molecule has 1 aliphatic carbocycles. The molecule has 2 heterocycles. The van der Waals surface area contributed by atoms with Gasteiger partial charge >= 0.3 is 17.5 Å². The van der Waals surface area contributed by atoms with Crippen LogP contribution in [0.5, 0.6) is 0 Å². The zero-order valence-corrected chi connectivity index (χ0v) is 14.6. The molecule has 0 radical (unpaired) electrons. The van der Waals surface area contributed by atoms with E-state index >= 15 is 0 Å². The van der Waals surface area contributed by atoms with Gasteiger partial charge in [-0.05, 0) is 12.8 Å². The molecule has 1 aliphatic heterocycles. The summed E-state index contributed by atoms with van der Waals surface area (Å²) in [6, 6.07) is 1.10. The molecule has 1 fully saturated rings. The molecule has 1 aromatic heterocycles. The minimum Gasteiger partial charge on any atom is -0.311 e. The van der Waals surface area contributed by atoms with Gasteiger partial charge in [0.25, 0.3) is 5.56 Å². The zero-order valence-electron chi connectivity index (χ0n) is 13.7. The van der Waals surface area contributed by atoms with E-state index in [4.69, 9.17) is 0 Å². The van der Waals surface area contributed by atoms with Crippen molar-refractivity contribution in [3.05, 3.63) is 26.9 Å².